The minimum atomic E-state index is 0.441. The van der Waals surface area contributed by atoms with Gasteiger partial charge in [0.15, 0.2) is 0 Å². The standard InChI is InChI=1S/C29H32N4/c1-5-20-11-13-22-19(3)30-27(31-25(22)15-12-20)17-18-28-32-29-24-10-8-7-9-21(6-2)23(24)14-16-26(29)33(28)4/h7-10,12-16,21H,5-6,11,17-18H2,1-4H3. The van der Waals surface area contributed by atoms with Crippen molar-refractivity contribution in [2.24, 2.45) is 7.05 Å². The molecule has 0 saturated carbocycles. The average molecular weight is 437 g/mol. The largest absolute Gasteiger partial charge is 0.331 e. The van der Waals surface area contributed by atoms with Crippen LogP contribution in [-0.4, -0.2) is 19.5 Å². The van der Waals surface area contributed by atoms with Crippen LogP contribution >= 0.6 is 0 Å². The number of rotatable bonds is 5. The number of hydrogen-bond donors (Lipinski definition) is 0. The maximum absolute atomic E-state index is 5.10. The molecule has 2 aromatic heterocycles. The molecule has 4 heteroatoms. The van der Waals surface area contributed by atoms with Gasteiger partial charge in [-0.1, -0.05) is 61.9 Å². The van der Waals surface area contributed by atoms with E-state index in [1.54, 1.807) is 0 Å². The molecule has 0 spiro atoms. The Bertz CT molecular complexity index is 1430. The molecule has 1 atom stereocenters. The zero-order valence-electron chi connectivity index (χ0n) is 20.1. The summed E-state index contributed by atoms with van der Waals surface area (Å²) < 4.78 is 2.23. The third kappa shape index (κ3) is 3.99. The number of hydrogen-bond acceptors (Lipinski definition) is 3. The lowest BCUT2D eigenvalue weighted by atomic mass is 9.92. The van der Waals surface area contributed by atoms with Crippen LogP contribution in [0.25, 0.3) is 29.3 Å². The second-order valence-electron chi connectivity index (χ2n) is 9.06. The first-order valence-electron chi connectivity index (χ1n) is 12.2. The van der Waals surface area contributed by atoms with E-state index in [2.05, 4.69) is 87.1 Å². The van der Waals surface area contributed by atoms with Crippen molar-refractivity contribution in [1.82, 2.24) is 19.5 Å². The van der Waals surface area contributed by atoms with Crippen LogP contribution in [0.3, 0.4) is 0 Å². The molecule has 2 aliphatic rings. The fraction of sp³-hybridized carbons (Fsp3) is 0.345. The van der Waals surface area contributed by atoms with Gasteiger partial charge in [0, 0.05) is 42.3 Å². The van der Waals surface area contributed by atoms with Gasteiger partial charge in [-0.25, -0.2) is 15.0 Å². The second kappa shape index (κ2) is 8.93. The van der Waals surface area contributed by atoms with Crippen LogP contribution in [0.2, 0.25) is 0 Å². The van der Waals surface area contributed by atoms with Gasteiger partial charge in [0.25, 0.3) is 0 Å². The van der Waals surface area contributed by atoms with Gasteiger partial charge in [-0.05, 0) is 43.9 Å². The Balaban J connectivity index is 1.48. The van der Waals surface area contributed by atoms with Crippen LogP contribution in [0.15, 0.2) is 42.0 Å². The molecule has 168 valence electrons. The molecule has 0 saturated heterocycles. The first kappa shape index (κ1) is 21.6. The summed E-state index contributed by atoms with van der Waals surface area (Å²) in [5.74, 6) is 2.42. The molecule has 0 amide bonds. The molecule has 33 heavy (non-hydrogen) atoms. The van der Waals surface area contributed by atoms with Crippen molar-refractivity contribution in [1.29, 1.82) is 0 Å². The van der Waals surface area contributed by atoms with E-state index >= 15 is 0 Å². The van der Waals surface area contributed by atoms with E-state index < -0.39 is 0 Å². The highest BCUT2D eigenvalue weighted by Crippen LogP contribution is 2.33. The number of aromatic nitrogens is 4. The summed E-state index contributed by atoms with van der Waals surface area (Å²) >= 11 is 0. The summed E-state index contributed by atoms with van der Waals surface area (Å²) in [6, 6.07) is 4.51. The highest BCUT2D eigenvalue weighted by molar-refractivity contribution is 5.88. The van der Waals surface area contributed by atoms with Gasteiger partial charge in [-0.3, -0.25) is 0 Å². The second-order valence-corrected chi connectivity index (χ2v) is 9.06. The summed E-state index contributed by atoms with van der Waals surface area (Å²) in [6.07, 6.45) is 20.2. The zero-order valence-corrected chi connectivity index (χ0v) is 20.1. The molecule has 2 heterocycles. The van der Waals surface area contributed by atoms with Gasteiger partial charge in [-0.15, -0.1) is 0 Å². The summed E-state index contributed by atoms with van der Waals surface area (Å²) in [6.45, 7) is 6.55. The van der Waals surface area contributed by atoms with E-state index in [-0.39, 0.29) is 0 Å². The quantitative estimate of drug-likeness (QED) is 0.575. The molecule has 0 fully saturated rings. The average Bonchev–Trinajstić information content (AvgIpc) is 2.99. The van der Waals surface area contributed by atoms with E-state index in [0.29, 0.717) is 5.92 Å². The van der Waals surface area contributed by atoms with Gasteiger partial charge in [0.2, 0.25) is 0 Å². The van der Waals surface area contributed by atoms with Crippen molar-refractivity contribution in [2.75, 3.05) is 0 Å². The Labute approximate surface area is 195 Å². The monoisotopic (exact) mass is 436 g/mol. The molecule has 0 N–H and O–H groups in total. The maximum Gasteiger partial charge on any atom is 0.129 e. The van der Waals surface area contributed by atoms with E-state index in [4.69, 9.17) is 15.0 Å². The Morgan fingerprint density at radius 2 is 1.91 bits per heavy atom. The molecule has 5 rings (SSSR count). The number of imidazole rings is 1. The summed E-state index contributed by atoms with van der Waals surface area (Å²) in [7, 11) is 2.12. The normalized spacial score (nSPS) is 17.0. The van der Waals surface area contributed by atoms with Crippen LogP contribution in [0, 0.1) is 6.92 Å². The van der Waals surface area contributed by atoms with Gasteiger partial charge in [0.05, 0.1) is 16.4 Å². The van der Waals surface area contributed by atoms with Crippen molar-refractivity contribution in [3.63, 3.8) is 0 Å². The third-order valence-electron chi connectivity index (χ3n) is 7.06. The summed E-state index contributed by atoms with van der Waals surface area (Å²) in [5.41, 5.74) is 7.41. The number of benzene rings is 1. The van der Waals surface area contributed by atoms with Crippen molar-refractivity contribution in [3.8, 4) is 0 Å². The van der Waals surface area contributed by atoms with E-state index in [9.17, 15) is 0 Å². The topological polar surface area (TPSA) is 43.6 Å². The summed E-state index contributed by atoms with van der Waals surface area (Å²) in [5, 5.41) is 2.22. The van der Waals surface area contributed by atoms with E-state index in [1.165, 1.54) is 27.4 Å². The zero-order chi connectivity index (χ0) is 22.9. The molecular formula is C29H32N4. The first-order chi connectivity index (χ1) is 16.1. The predicted octanol–water partition coefficient (Wildman–Crippen LogP) is 4.83. The maximum atomic E-state index is 5.10. The van der Waals surface area contributed by atoms with E-state index in [1.807, 2.05) is 0 Å². The molecule has 2 aliphatic carbocycles. The van der Waals surface area contributed by atoms with Crippen LogP contribution in [0.1, 0.15) is 67.5 Å². The first-order valence-corrected chi connectivity index (χ1v) is 12.2. The van der Waals surface area contributed by atoms with Crippen molar-refractivity contribution in [2.45, 2.75) is 58.8 Å². The van der Waals surface area contributed by atoms with Crippen molar-refractivity contribution in [3.05, 3.63) is 81.0 Å². The number of fused-ring (bicyclic) bond motifs is 4. The molecule has 4 nitrogen and oxygen atoms in total. The minimum Gasteiger partial charge on any atom is -0.331 e. The Morgan fingerprint density at radius 3 is 2.73 bits per heavy atom. The lowest BCUT2D eigenvalue weighted by Crippen LogP contribution is -2.33. The van der Waals surface area contributed by atoms with Crippen molar-refractivity contribution < 1.29 is 0 Å². The molecular weight excluding hydrogens is 404 g/mol. The third-order valence-corrected chi connectivity index (χ3v) is 7.06. The van der Waals surface area contributed by atoms with Crippen LogP contribution < -0.4 is 10.6 Å². The van der Waals surface area contributed by atoms with Gasteiger partial charge in [-0.2, -0.15) is 0 Å². The lowest BCUT2D eigenvalue weighted by Gasteiger charge is -2.13. The van der Waals surface area contributed by atoms with E-state index in [0.717, 1.165) is 60.3 Å². The highest BCUT2D eigenvalue weighted by Gasteiger charge is 2.18. The molecule has 0 radical (unpaired) electrons. The Morgan fingerprint density at radius 1 is 1.03 bits per heavy atom. The van der Waals surface area contributed by atoms with Gasteiger partial charge >= 0.3 is 0 Å². The lowest BCUT2D eigenvalue weighted by molar-refractivity contribution is 0.751. The molecule has 3 aromatic rings. The number of nitrogens with zero attached hydrogens (tertiary/aromatic N) is 4. The Hall–Kier alpha value is -3.27. The smallest absolute Gasteiger partial charge is 0.129 e. The van der Waals surface area contributed by atoms with Crippen LogP contribution in [0.4, 0.5) is 0 Å². The number of aryl methyl sites for hydroxylation is 4. The highest BCUT2D eigenvalue weighted by atomic mass is 15.1. The Kier molecular flexibility index (Phi) is 5.84. The minimum absolute atomic E-state index is 0.441. The predicted molar refractivity (Wildman–Crippen MR) is 137 cm³/mol. The van der Waals surface area contributed by atoms with Gasteiger partial charge < -0.3 is 4.57 Å². The molecule has 0 bridgehead atoms. The molecule has 1 aromatic carbocycles. The summed E-state index contributed by atoms with van der Waals surface area (Å²) in [4.78, 5) is 14.8. The van der Waals surface area contributed by atoms with Crippen molar-refractivity contribution >= 4 is 29.3 Å². The van der Waals surface area contributed by atoms with Crippen LogP contribution in [-0.2, 0) is 19.9 Å². The fourth-order valence-corrected chi connectivity index (χ4v) is 5.01. The molecule has 1 unspecified atom stereocenters. The van der Waals surface area contributed by atoms with Gasteiger partial charge in [0.1, 0.15) is 11.6 Å². The molecule has 0 aliphatic heterocycles. The fourth-order valence-electron chi connectivity index (χ4n) is 5.01. The number of allylic oxidation sites excluding steroid dienone is 5. The SMILES string of the molecule is CCC1=CC=c2nc(CCc3nc4c5c(ccc4n3C)C(CC)C=CC=C5)nc(C)c2=CC1. The van der Waals surface area contributed by atoms with Crippen LogP contribution in [0.5, 0.6) is 0 Å².